The monoisotopic (exact) mass is 328 g/mol. The van der Waals surface area contributed by atoms with Crippen molar-refractivity contribution in [2.45, 2.75) is 71.1 Å². The summed E-state index contributed by atoms with van der Waals surface area (Å²) in [7, 11) is 0. The van der Waals surface area contributed by atoms with Crippen LogP contribution < -0.4 is 0 Å². The van der Waals surface area contributed by atoms with Gasteiger partial charge in [-0.2, -0.15) is 0 Å². The van der Waals surface area contributed by atoms with Crippen molar-refractivity contribution in [3.63, 3.8) is 0 Å². The molecule has 1 aromatic rings. The summed E-state index contributed by atoms with van der Waals surface area (Å²) in [5, 5.41) is 9.23. The van der Waals surface area contributed by atoms with E-state index in [-0.39, 0.29) is 5.57 Å². The zero-order chi connectivity index (χ0) is 17.6. The molecule has 2 nitrogen and oxygen atoms in total. The smallest absolute Gasteiger partial charge is 0.335 e. The van der Waals surface area contributed by atoms with Crippen molar-refractivity contribution in [2.75, 3.05) is 0 Å². The van der Waals surface area contributed by atoms with Crippen molar-refractivity contribution in [1.82, 2.24) is 0 Å². The minimum Gasteiger partial charge on any atom is -0.478 e. The highest BCUT2D eigenvalue weighted by atomic mass is 16.4. The Labute approximate surface area is 147 Å². The van der Waals surface area contributed by atoms with E-state index in [0.29, 0.717) is 0 Å². The van der Waals surface area contributed by atoms with Gasteiger partial charge in [0.2, 0.25) is 0 Å². The van der Waals surface area contributed by atoms with Gasteiger partial charge in [-0.1, -0.05) is 101 Å². The number of unbranched alkanes of at least 4 members (excludes halogenated alkanes) is 9. The summed E-state index contributed by atoms with van der Waals surface area (Å²) in [4.78, 5) is 11.3. The van der Waals surface area contributed by atoms with Crippen LogP contribution in [0.2, 0.25) is 0 Å². The average molecular weight is 328 g/mol. The standard InChI is InChI=1S/C22H32O2/c1-3-4-5-6-7-8-9-10-11-15-18-21(19(2)22(23)24)20-16-13-12-14-17-20/h12-14,16-18H,2-11,15H2,1H3,(H,23,24). The molecule has 1 aromatic carbocycles. The predicted octanol–water partition coefficient (Wildman–Crippen LogP) is 6.63. The quantitative estimate of drug-likeness (QED) is 0.250. The molecule has 0 amide bonds. The summed E-state index contributed by atoms with van der Waals surface area (Å²) in [5.41, 5.74) is 1.86. The van der Waals surface area contributed by atoms with E-state index >= 15 is 0 Å². The Hall–Kier alpha value is -1.83. The van der Waals surface area contributed by atoms with Gasteiger partial charge in [0.25, 0.3) is 0 Å². The fourth-order valence-corrected chi connectivity index (χ4v) is 2.85. The molecule has 0 aliphatic carbocycles. The molecule has 0 saturated carbocycles. The van der Waals surface area contributed by atoms with Gasteiger partial charge in [0.05, 0.1) is 5.57 Å². The topological polar surface area (TPSA) is 37.3 Å². The molecule has 0 unspecified atom stereocenters. The minimum atomic E-state index is -0.947. The first-order chi connectivity index (χ1) is 11.7. The van der Waals surface area contributed by atoms with E-state index in [1.54, 1.807) is 0 Å². The molecule has 0 atom stereocenters. The number of carboxylic acid groups (broad SMARTS) is 1. The minimum absolute atomic E-state index is 0.178. The van der Waals surface area contributed by atoms with Crippen molar-refractivity contribution >= 4 is 11.5 Å². The van der Waals surface area contributed by atoms with E-state index in [2.05, 4.69) is 13.5 Å². The van der Waals surface area contributed by atoms with E-state index in [1.165, 1.54) is 51.4 Å². The fourth-order valence-electron chi connectivity index (χ4n) is 2.85. The number of hydrogen-bond donors (Lipinski definition) is 1. The number of carbonyl (C=O) groups is 1. The maximum Gasteiger partial charge on any atom is 0.335 e. The molecule has 0 bridgehead atoms. The lowest BCUT2D eigenvalue weighted by atomic mass is 9.97. The van der Waals surface area contributed by atoms with Crippen molar-refractivity contribution in [1.29, 1.82) is 0 Å². The number of carboxylic acids is 1. The Morgan fingerprint density at radius 3 is 2.04 bits per heavy atom. The summed E-state index contributed by atoms with van der Waals surface area (Å²) in [5.74, 6) is -0.947. The van der Waals surface area contributed by atoms with Crippen LogP contribution in [0.15, 0.2) is 48.6 Å². The Bertz CT molecular complexity index is 514. The molecule has 132 valence electrons. The summed E-state index contributed by atoms with van der Waals surface area (Å²) in [6.07, 6.45) is 14.6. The van der Waals surface area contributed by atoms with Crippen molar-refractivity contribution in [3.8, 4) is 0 Å². The molecule has 1 N–H and O–H groups in total. The molecule has 24 heavy (non-hydrogen) atoms. The maximum absolute atomic E-state index is 11.3. The highest BCUT2D eigenvalue weighted by molar-refractivity contribution is 6.04. The number of hydrogen-bond acceptors (Lipinski definition) is 1. The molecule has 0 aliphatic rings. The highest BCUT2D eigenvalue weighted by Gasteiger charge is 2.11. The average Bonchev–Trinajstić information content (AvgIpc) is 2.60. The number of aliphatic carboxylic acids is 1. The predicted molar refractivity (Wildman–Crippen MR) is 103 cm³/mol. The third kappa shape index (κ3) is 8.14. The Morgan fingerprint density at radius 2 is 1.50 bits per heavy atom. The molecule has 2 heteroatoms. The summed E-state index contributed by atoms with van der Waals surface area (Å²) in [6.45, 7) is 5.97. The first kappa shape index (κ1) is 20.2. The molecule has 0 heterocycles. The van der Waals surface area contributed by atoms with E-state index in [1.807, 2.05) is 36.4 Å². The van der Waals surface area contributed by atoms with Crippen LogP contribution in [0.3, 0.4) is 0 Å². The summed E-state index contributed by atoms with van der Waals surface area (Å²) < 4.78 is 0. The number of rotatable bonds is 13. The Balaban J connectivity index is 2.35. The zero-order valence-electron chi connectivity index (χ0n) is 15.1. The fraction of sp³-hybridized carbons (Fsp3) is 0.500. The molecule has 0 saturated heterocycles. The van der Waals surface area contributed by atoms with Gasteiger partial charge in [0.1, 0.15) is 0 Å². The second-order valence-corrected chi connectivity index (χ2v) is 6.38. The molecule has 1 rings (SSSR count). The van der Waals surface area contributed by atoms with E-state index in [9.17, 15) is 9.90 Å². The van der Waals surface area contributed by atoms with Crippen molar-refractivity contribution in [2.24, 2.45) is 0 Å². The molecule has 0 spiro atoms. The third-order valence-electron chi connectivity index (χ3n) is 4.32. The van der Waals surface area contributed by atoms with Gasteiger partial charge in [0, 0.05) is 0 Å². The van der Waals surface area contributed by atoms with Gasteiger partial charge in [-0.3, -0.25) is 0 Å². The van der Waals surface area contributed by atoms with Crippen LogP contribution in [-0.2, 0) is 4.79 Å². The Kier molecular flexibility index (Phi) is 10.6. The lowest BCUT2D eigenvalue weighted by molar-refractivity contribution is -0.132. The van der Waals surface area contributed by atoms with Gasteiger partial charge in [-0.15, -0.1) is 0 Å². The maximum atomic E-state index is 11.3. The lowest BCUT2D eigenvalue weighted by Crippen LogP contribution is -2.01. The Morgan fingerprint density at radius 1 is 0.958 bits per heavy atom. The second kappa shape index (κ2) is 12.6. The highest BCUT2D eigenvalue weighted by Crippen LogP contribution is 2.23. The second-order valence-electron chi connectivity index (χ2n) is 6.38. The third-order valence-corrected chi connectivity index (χ3v) is 4.32. The van der Waals surface area contributed by atoms with Crippen LogP contribution in [0.25, 0.3) is 5.57 Å². The molecular formula is C22H32O2. The number of allylic oxidation sites excluding steroid dienone is 1. The molecule has 0 radical (unpaired) electrons. The molecule has 0 aromatic heterocycles. The van der Waals surface area contributed by atoms with E-state index in [0.717, 1.165) is 24.0 Å². The van der Waals surface area contributed by atoms with Crippen LogP contribution >= 0.6 is 0 Å². The van der Waals surface area contributed by atoms with Gasteiger partial charge in [-0.25, -0.2) is 4.79 Å². The lowest BCUT2D eigenvalue weighted by Gasteiger charge is -2.08. The van der Waals surface area contributed by atoms with E-state index in [4.69, 9.17) is 0 Å². The largest absolute Gasteiger partial charge is 0.478 e. The first-order valence-electron chi connectivity index (χ1n) is 9.35. The van der Waals surface area contributed by atoms with Crippen LogP contribution in [0.1, 0.15) is 76.7 Å². The molecular weight excluding hydrogens is 296 g/mol. The zero-order valence-corrected chi connectivity index (χ0v) is 15.1. The van der Waals surface area contributed by atoms with Crippen LogP contribution in [0.5, 0.6) is 0 Å². The van der Waals surface area contributed by atoms with Gasteiger partial charge < -0.3 is 5.11 Å². The van der Waals surface area contributed by atoms with Crippen molar-refractivity contribution in [3.05, 3.63) is 54.1 Å². The van der Waals surface area contributed by atoms with Crippen molar-refractivity contribution < 1.29 is 9.90 Å². The molecule has 0 fully saturated rings. The molecule has 0 aliphatic heterocycles. The van der Waals surface area contributed by atoms with E-state index < -0.39 is 5.97 Å². The number of benzene rings is 1. The van der Waals surface area contributed by atoms with Crippen LogP contribution in [0.4, 0.5) is 0 Å². The van der Waals surface area contributed by atoms with Crippen LogP contribution in [0, 0.1) is 0 Å². The normalized spacial score (nSPS) is 11.5. The SMILES string of the molecule is C=C(C(=O)O)C(=CCCCCCCCCCCC)c1ccccc1. The van der Waals surface area contributed by atoms with Gasteiger partial charge in [0.15, 0.2) is 0 Å². The first-order valence-corrected chi connectivity index (χ1v) is 9.35. The summed E-state index contributed by atoms with van der Waals surface area (Å²) >= 11 is 0. The van der Waals surface area contributed by atoms with Gasteiger partial charge >= 0.3 is 5.97 Å². The summed E-state index contributed by atoms with van der Waals surface area (Å²) in [6, 6.07) is 9.67. The van der Waals surface area contributed by atoms with Crippen LogP contribution in [-0.4, -0.2) is 11.1 Å². The van der Waals surface area contributed by atoms with Gasteiger partial charge in [-0.05, 0) is 24.0 Å².